The molecule has 0 fully saturated rings. The molecule has 1 aromatic carbocycles. The lowest BCUT2D eigenvalue weighted by Crippen LogP contribution is -2.48. The van der Waals surface area contributed by atoms with Gasteiger partial charge in [0.15, 0.2) is 0 Å². The molecule has 0 saturated heterocycles. The zero-order chi connectivity index (χ0) is 16.1. The van der Waals surface area contributed by atoms with Gasteiger partial charge < -0.3 is 28.4 Å². The van der Waals surface area contributed by atoms with Crippen LogP contribution >= 0.6 is 0 Å². The van der Waals surface area contributed by atoms with E-state index in [1.165, 1.54) is 0 Å². The summed E-state index contributed by atoms with van der Waals surface area (Å²) in [7, 11) is 9.82. The molecule has 6 nitrogen and oxygen atoms in total. The molecule has 0 spiro atoms. The number of ether oxygens (including phenoxy) is 6. The molecular weight excluding hydrogens is 288 g/mol. The Morgan fingerprint density at radius 3 is 1.14 bits per heavy atom. The van der Waals surface area contributed by atoms with E-state index in [1.807, 2.05) is 0 Å². The highest BCUT2D eigenvalue weighted by molar-refractivity contribution is 5.70. The van der Waals surface area contributed by atoms with Crippen LogP contribution in [0.25, 0.3) is 0 Å². The van der Waals surface area contributed by atoms with Crippen molar-refractivity contribution in [2.45, 2.75) is 24.4 Å². The van der Waals surface area contributed by atoms with E-state index in [0.29, 0.717) is 12.8 Å². The van der Waals surface area contributed by atoms with Crippen LogP contribution in [0.2, 0.25) is 0 Å². The summed E-state index contributed by atoms with van der Waals surface area (Å²) in [6.07, 6.45) is 1.18. The second-order valence-corrected chi connectivity index (χ2v) is 5.45. The van der Waals surface area contributed by atoms with Gasteiger partial charge in [0.1, 0.15) is 11.5 Å². The van der Waals surface area contributed by atoms with E-state index in [0.717, 1.165) is 33.8 Å². The Morgan fingerprint density at radius 2 is 0.909 bits per heavy atom. The zero-order valence-electron chi connectivity index (χ0n) is 13.9. The van der Waals surface area contributed by atoms with E-state index in [4.69, 9.17) is 28.4 Å². The lowest BCUT2D eigenvalue weighted by atomic mass is 9.70. The highest BCUT2D eigenvalue weighted by atomic mass is 16.7. The fourth-order valence-electron chi connectivity index (χ4n) is 3.69. The maximum atomic E-state index is 5.65. The summed E-state index contributed by atoms with van der Waals surface area (Å²) >= 11 is 0. The second kappa shape index (κ2) is 5.09. The summed E-state index contributed by atoms with van der Waals surface area (Å²) in [5.41, 5.74) is 3.83. The number of hydrogen-bond donors (Lipinski definition) is 0. The Labute approximate surface area is 130 Å². The minimum atomic E-state index is -0.776. The van der Waals surface area contributed by atoms with Gasteiger partial charge in [-0.3, -0.25) is 0 Å². The summed E-state index contributed by atoms with van der Waals surface area (Å²) in [4.78, 5) is 0. The van der Waals surface area contributed by atoms with Crippen molar-refractivity contribution in [2.75, 3.05) is 42.7 Å². The minimum Gasteiger partial charge on any atom is -0.496 e. The molecule has 0 N–H and O–H groups in total. The Bertz CT molecular complexity index is 548. The summed E-state index contributed by atoms with van der Waals surface area (Å²) < 4.78 is 33.7. The molecule has 0 aliphatic heterocycles. The van der Waals surface area contributed by atoms with E-state index in [1.54, 1.807) is 42.7 Å². The van der Waals surface area contributed by atoms with Gasteiger partial charge in [0.2, 0.25) is 11.6 Å². The molecule has 3 rings (SSSR count). The van der Waals surface area contributed by atoms with Gasteiger partial charge >= 0.3 is 0 Å². The molecule has 22 heavy (non-hydrogen) atoms. The molecule has 0 heterocycles. The Kier molecular flexibility index (Phi) is 3.60. The van der Waals surface area contributed by atoms with Crippen LogP contribution < -0.4 is 9.47 Å². The molecular formula is C16H22O6. The van der Waals surface area contributed by atoms with Gasteiger partial charge in [0, 0.05) is 52.4 Å². The molecule has 0 unspecified atom stereocenters. The summed E-state index contributed by atoms with van der Waals surface area (Å²) in [6.45, 7) is 0. The van der Waals surface area contributed by atoms with Gasteiger partial charge in [-0.25, -0.2) is 0 Å². The first-order valence-electron chi connectivity index (χ1n) is 7.09. The van der Waals surface area contributed by atoms with E-state index < -0.39 is 11.6 Å². The van der Waals surface area contributed by atoms with E-state index in [9.17, 15) is 0 Å². The predicted octanol–water partition coefficient (Wildman–Crippen LogP) is 1.71. The van der Waals surface area contributed by atoms with Crippen LogP contribution in [0.5, 0.6) is 11.5 Å². The van der Waals surface area contributed by atoms with Crippen molar-refractivity contribution in [3.05, 3.63) is 22.3 Å². The van der Waals surface area contributed by atoms with Crippen LogP contribution in [0.15, 0.2) is 0 Å². The van der Waals surface area contributed by atoms with Crippen LogP contribution in [0.3, 0.4) is 0 Å². The van der Waals surface area contributed by atoms with Crippen LogP contribution in [0.4, 0.5) is 0 Å². The van der Waals surface area contributed by atoms with Gasteiger partial charge in [0.05, 0.1) is 25.3 Å². The Balaban J connectivity index is 2.26. The number of methoxy groups -OCH3 is 6. The smallest absolute Gasteiger partial charge is 0.202 e. The summed E-state index contributed by atoms with van der Waals surface area (Å²) in [5.74, 6) is -0.0149. The molecule has 122 valence electrons. The molecule has 0 saturated carbocycles. The topological polar surface area (TPSA) is 55.4 Å². The van der Waals surface area contributed by atoms with E-state index in [2.05, 4.69) is 0 Å². The number of benzene rings is 1. The quantitative estimate of drug-likeness (QED) is 0.746. The minimum absolute atomic E-state index is 0.589. The molecule has 0 radical (unpaired) electrons. The third-order valence-electron chi connectivity index (χ3n) is 4.91. The lowest BCUT2D eigenvalue weighted by molar-refractivity contribution is -0.239. The number of fused-ring (bicyclic) bond motifs is 2. The highest BCUT2D eigenvalue weighted by Gasteiger charge is 2.57. The third-order valence-corrected chi connectivity index (χ3v) is 4.91. The first kappa shape index (κ1) is 15.6. The fourth-order valence-corrected chi connectivity index (χ4v) is 3.69. The Hall–Kier alpha value is -1.34. The molecule has 0 atom stereocenters. The summed E-state index contributed by atoms with van der Waals surface area (Å²) in [6, 6.07) is 0. The highest BCUT2D eigenvalue weighted by Crippen LogP contribution is 2.61. The molecule has 2 aliphatic rings. The van der Waals surface area contributed by atoms with Crippen molar-refractivity contribution in [3.8, 4) is 11.5 Å². The molecule has 1 aromatic rings. The summed E-state index contributed by atoms with van der Waals surface area (Å²) in [5, 5.41) is 0. The van der Waals surface area contributed by atoms with Crippen LogP contribution in [0.1, 0.15) is 22.3 Å². The molecule has 0 amide bonds. The van der Waals surface area contributed by atoms with Gasteiger partial charge in [-0.1, -0.05) is 0 Å². The van der Waals surface area contributed by atoms with Gasteiger partial charge in [0.25, 0.3) is 0 Å². The van der Waals surface area contributed by atoms with Gasteiger partial charge in [-0.05, 0) is 0 Å². The SMILES string of the molecule is COc1c2c(c(OC)c3c1C(OC)(OC)C3)C(OC)(OC)C2. The fraction of sp³-hybridized carbons (Fsp3) is 0.625. The number of hydrogen-bond acceptors (Lipinski definition) is 6. The molecule has 0 bridgehead atoms. The maximum absolute atomic E-state index is 5.65. The molecule has 0 aromatic heterocycles. The number of rotatable bonds is 6. The van der Waals surface area contributed by atoms with Crippen molar-refractivity contribution >= 4 is 0 Å². The van der Waals surface area contributed by atoms with Crippen LogP contribution in [-0.2, 0) is 43.4 Å². The predicted molar refractivity (Wildman–Crippen MR) is 78.3 cm³/mol. The van der Waals surface area contributed by atoms with Crippen molar-refractivity contribution in [1.82, 2.24) is 0 Å². The normalized spacial score (nSPS) is 19.5. The van der Waals surface area contributed by atoms with Crippen molar-refractivity contribution in [2.24, 2.45) is 0 Å². The van der Waals surface area contributed by atoms with Gasteiger partial charge in [-0.2, -0.15) is 0 Å². The zero-order valence-corrected chi connectivity index (χ0v) is 13.9. The van der Waals surface area contributed by atoms with E-state index in [-0.39, 0.29) is 0 Å². The lowest BCUT2D eigenvalue weighted by Gasteiger charge is -2.49. The molecule has 6 heteroatoms. The Morgan fingerprint density at radius 1 is 0.591 bits per heavy atom. The van der Waals surface area contributed by atoms with Crippen molar-refractivity contribution < 1.29 is 28.4 Å². The maximum Gasteiger partial charge on any atom is 0.202 e. The van der Waals surface area contributed by atoms with E-state index >= 15 is 0 Å². The first-order valence-corrected chi connectivity index (χ1v) is 7.09. The second-order valence-electron chi connectivity index (χ2n) is 5.45. The average Bonchev–Trinajstić information content (AvgIpc) is 2.52. The monoisotopic (exact) mass is 310 g/mol. The standard InChI is InChI=1S/C16H22O6/c1-17-13-9-7-16(21-5,22-6)12(9)14(18-2)10-8-15(19-3,20-4)11(10)13/h7-8H2,1-6H3. The van der Waals surface area contributed by atoms with Crippen molar-refractivity contribution in [3.63, 3.8) is 0 Å². The molecule has 2 aliphatic carbocycles. The largest absolute Gasteiger partial charge is 0.496 e. The third kappa shape index (κ3) is 1.58. The van der Waals surface area contributed by atoms with Crippen LogP contribution in [0, 0.1) is 0 Å². The first-order chi connectivity index (χ1) is 10.6. The van der Waals surface area contributed by atoms with Gasteiger partial charge in [-0.15, -0.1) is 0 Å². The van der Waals surface area contributed by atoms with Crippen LogP contribution in [-0.4, -0.2) is 42.7 Å². The average molecular weight is 310 g/mol. The van der Waals surface area contributed by atoms with Crippen molar-refractivity contribution in [1.29, 1.82) is 0 Å².